The van der Waals surface area contributed by atoms with Crippen LogP contribution >= 0.6 is 0 Å². The molecule has 0 fully saturated rings. The smallest absolute Gasteiger partial charge is 0.306 e. The minimum absolute atomic E-state index is 0.0947. The number of hydrogen-bond donors (Lipinski definition) is 0. The molecule has 0 rings (SSSR count). The van der Waals surface area contributed by atoms with Crippen molar-refractivity contribution < 1.29 is 28.6 Å². The fraction of sp³-hybridized carbons (Fsp3) is 0.615. The van der Waals surface area contributed by atoms with Crippen LogP contribution in [0.5, 0.6) is 0 Å². The summed E-state index contributed by atoms with van der Waals surface area (Å²) in [7, 11) is 0. The number of unbranched alkanes of at least 4 members (excludes halogenated alkanes) is 17. The Kier molecular flexibility index (Phi) is 54.5. The molecule has 0 aromatic rings. The molecule has 0 aliphatic heterocycles. The minimum atomic E-state index is -0.797. The maximum absolute atomic E-state index is 12.8. The minimum Gasteiger partial charge on any atom is -0.462 e. The molecule has 0 radical (unpaired) electrons. The lowest BCUT2D eigenvalue weighted by Gasteiger charge is -2.18. The van der Waals surface area contributed by atoms with E-state index in [1.807, 2.05) is 0 Å². The molecule has 0 aliphatic carbocycles. The van der Waals surface area contributed by atoms with Crippen LogP contribution in [0.4, 0.5) is 0 Å². The lowest BCUT2D eigenvalue weighted by Crippen LogP contribution is -2.30. The van der Waals surface area contributed by atoms with Crippen LogP contribution in [0.2, 0.25) is 0 Å². The number of carbonyl (C=O) groups excluding carboxylic acids is 3. The summed E-state index contributed by atoms with van der Waals surface area (Å²) in [6.45, 7) is 6.33. The molecule has 0 saturated heterocycles. The van der Waals surface area contributed by atoms with Crippen molar-refractivity contribution >= 4 is 17.9 Å². The molecule has 0 N–H and O–H groups in total. The van der Waals surface area contributed by atoms with Crippen molar-refractivity contribution in [3.05, 3.63) is 134 Å². The lowest BCUT2D eigenvalue weighted by molar-refractivity contribution is -0.167. The van der Waals surface area contributed by atoms with Gasteiger partial charge in [0.05, 0.1) is 0 Å². The zero-order valence-electron chi connectivity index (χ0n) is 45.7. The Morgan fingerprint density at radius 3 is 0.859 bits per heavy atom. The van der Waals surface area contributed by atoms with E-state index in [-0.39, 0.29) is 31.1 Å². The van der Waals surface area contributed by atoms with Crippen LogP contribution in [-0.4, -0.2) is 37.2 Å². The molecule has 400 valence electrons. The molecule has 71 heavy (non-hydrogen) atoms. The largest absolute Gasteiger partial charge is 0.462 e. The van der Waals surface area contributed by atoms with Crippen LogP contribution in [0.1, 0.15) is 239 Å². The first-order valence-electron chi connectivity index (χ1n) is 28.7. The predicted octanol–water partition coefficient (Wildman–Crippen LogP) is 19.4. The van der Waals surface area contributed by atoms with Gasteiger partial charge in [0.1, 0.15) is 13.2 Å². The Morgan fingerprint density at radius 1 is 0.296 bits per heavy atom. The van der Waals surface area contributed by atoms with Gasteiger partial charge in [0.2, 0.25) is 0 Å². The Bertz CT molecular complexity index is 1550. The summed E-state index contributed by atoms with van der Waals surface area (Å²) < 4.78 is 16.8. The molecular weight excluding hydrogens is 877 g/mol. The maximum Gasteiger partial charge on any atom is 0.306 e. The fourth-order valence-corrected chi connectivity index (χ4v) is 7.41. The first-order valence-corrected chi connectivity index (χ1v) is 28.7. The Hall–Kier alpha value is -4.45. The Balaban J connectivity index is 4.31. The van der Waals surface area contributed by atoms with Gasteiger partial charge in [-0.05, 0) is 116 Å². The molecule has 0 heterocycles. The highest BCUT2D eigenvalue weighted by atomic mass is 16.6. The number of ether oxygens (including phenoxy) is 3. The molecule has 0 saturated carbocycles. The van der Waals surface area contributed by atoms with Crippen molar-refractivity contribution in [3.63, 3.8) is 0 Å². The third-order valence-electron chi connectivity index (χ3n) is 11.7. The van der Waals surface area contributed by atoms with Crippen LogP contribution in [-0.2, 0) is 28.6 Å². The Morgan fingerprint density at radius 2 is 0.549 bits per heavy atom. The van der Waals surface area contributed by atoms with Crippen molar-refractivity contribution in [2.24, 2.45) is 0 Å². The molecule has 6 nitrogen and oxygen atoms in total. The highest BCUT2D eigenvalue weighted by Gasteiger charge is 2.19. The van der Waals surface area contributed by atoms with E-state index in [0.717, 1.165) is 154 Å². The molecule has 1 atom stereocenters. The van der Waals surface area contributed by atoms with Gasteiger partial charge in [-0.1, -0.05) is 238 Å². The van der Waals surface area contributed by atoms with Gasteiger partial charge in [-0.25, -0.2) is 0 Å². The van der Waals surface area contributed by atoms with Gasteiger partial charge < -0.3 is 14.2 Å². The summed E-state index contributed by atoms with van der Waals surface area (Å²) in [6, 6.07) is 0. The van der Waals surface area contributed by atoms with E-state index in [9.17, 15) is 14.4 Å². The first kappa shape index (κ1) is 66.6. The van der Waals surface area contributed by atoms with Crippen LogP contribution in [0.25, 0.3) is 0 Å². The summed E-state index contributed by atoms with van der Waals surface area (Å²) in [5, 5.41) is 0. The summed E-state index contributed by atoms with van der Waals surface area (Å²) in [5.41, 5.74) is 0. The van der Waals surface area contributed by atoms with Crippen LogP contribution in [0, 0.1) is 0 Å². The average Bonchev–Trinajstić information content (AvgIpc) is 3.37. The summed E-state index contributed by atoms with van der Waals surface area (Å²) in [6.07, 6.45) is 81.7. The Labute approximate surface area is 436 Å². The number of allylic oxidation sites excluding steroid dienone is 22. The molecule has 6 heteroatoms. The van der Waals surface area contributed by atoms with Crippen molar-refractivity contribution in [1.29, 1.82) is 0 Å². The molecule has 0 aromatic heterocycles. The second-order valence-electron chi connectivity index (χ2n) is 18.4. The van der Waals surface area contributed by atoms with E-state index in [2.05, 4.69) is 154 Å². The normalized spacial score (nSPS) is 13.1. The standard InChI is InChI=1S/C65H104O6/c1-4-7-10-13-16-18-20-22-24-26-28-30-32-34-36-38-40-42-44-46-49-52-55-58-64(67)70-61-62(60-69-63(66)57-54-51-48-15-12-9-6-3)71-65(68)59-56-53-50-47-45-43-41-39-37-35-33-31-29-27-25-23-21-19-17-14-11-8-5-2/h7-8,10-11,16-19,22-25,28-31,34-37,40,42,62H,4-6,9,12-15,20-21,26-27,32-33,38-39,41,43-61H2,1-3H3/b10-7-,11-8-,18-16-,19-17-,24-22-,25-23-,30-28-,31-29-,36-34-,37-35-,42-40-. The van der Waals surface area contributed by atoms with Gasteiger partial charge in [0, 0.05) is 19.3 Å². The van der Waals surface area contributed by atoms with Crippen LogP contribution < -0.4 is 0 Å². The monoisotopic (exact) mass is 981 g/mol. The SMILES string of the molecule is CC/C=C\C/C=C\C/C=C\C/C=C\C/C=C\C/C=C\CCCCCCC(=O)OCC(COC(=O)CCCCCCCCC)OC(=O)CCCCCCCCC/C=C\C/C=C\C/C=C\C/C=C\C/C=C\CC. The van der Waals surface area contributed by atoms with Gasteiger partial charge in [-0.15, -0.1) is 0 Å². The van der Waals surface area contributed by atoms with Crippen molar-refractivity contribution in [2.45, 2.75) is 245 Å². The zero-order chi connectivity index (χ0) is 51.4. The molecule has 0 spiro atoms. The van der Waals surface area contributed by atoms with Gasteiger partial charge >= 0.3 is 17.9 Å². The molecule has 0 aromatic carbocycles. The van der Waals surface area contributed by atoms with E-state index in [1.165, 1.54) is 44.9 Å². The maximum atomic E-state index is 12.8. The number of esters is 3. The second kappa shape index (κ2) is 58.1. The van der Waals surface area contributed by atoms with Gasteiger partial charge in [0.15, 0.2) is 6.10 Å². The summed E-state index contributed by atoms with van der Waals surface area (Å²) in [4.78, 5) is 38.0. The van der Waals surface area contributed by atoms with E-state index in [1.54, 1.807) is 0 Å². The van der Waals surface area contributed by atoms with Crippen LogP contribution in [0.15, 0.2) is 134 Å². The van der Waals surface area contributed by atoms with Gasteiger partial charge in [-0.3, -0.25) is 14.4 Å². The zero-order valence-corrected chi connectivity index (χ0v) is 45.7. The summed E-state index contributed by atoms with van der Waals surface area (Å²) >= 11 is 0. The van der Waals surface area contributed by atoms with Crippen molar-refractivity contribution in [1.82, 2.24) is 0 Å². The van der Waals surface area contributed by atoms with Crippen LogP contribution in [0.3, 0.4) is 0 Å². The van der Waals surface area contributed by atoms with E-state index < -0.39 is 6.10 Å². The third kappa shape index (κ3) is 56.3. The first-order chi connectivity index (χ1) is 35.0. The second-order valence-corrected chi connectivity index (χ2v) is 18.4. The van der Waals surface area contributed by atoms with Crippen molar-refractivity contribution in [3.8, 4) is 0 Å². The van der Waals surface area contributed by atoms with E-state index >= 15 is 0 Å². The lowest BCUT2D eigenvalue weighted by atomic mass is 10.1. The molecule has 1 unspecified atom stereocenters. The molecular formula is C65H104O6. The predicted molar refractivity (Wildman–Crippen MR) is 306 cm³/mol. The fourth-order valence-electron chi connectivity index (χ4n) is 7.41. The molecule has 0 amide bonds. The summed E-state index contributed by atoms with van der Waals surface area (Å²) in [5.74, 6) is -0.943. The van der Waals surface area contributed by atoms with Crippen molar-refractivity contribution in [2.75, 3.05) is 13.2 Å². The number of carbonyl (C=O) groups is 3. The highest BCUT2D eigenvalue weighted by Crippen LogP contribution is 2.14. The quantitative estimate of drug-likeness (QED) is 0.0262. The van der Waals surface area contributed by atoms with Gasteiger partial charge in [0.25, 0.3) is 0 Å². The molecule has 0 bridgehead atoms. The van der Waals surface area contributed by atoms with E-state index in [0.29, 0.717) is 19.3 Å². The number of rotatable bonds is 50. The molecule has 0 aliphatic rings. The topological polar surface area (TPSA) is 78.9 Å². The third-order valence-corrected chi connectivity index (χ3v) is 11.7. The van der Waals surface area contributed by atoms with E-state index in [4.69, 9.17) is 14.2 Å². The average molecular weight is 982 g/mol. The highest BCUT2D eigenvalue weighted by molar-refractivity contribution is 5.71. The number of hydrogen-bond acceptors (Lipinski definition) is 6. The van der Waals surface area contributed by atoms with Gasteiger partial charge in [-0.2, -0.15) is 0 Å².